The second-order valence-corrected chi connectivity index (χ2v) is 4.97. The smallest absolute Gasteiger partial charge is 0.318 e. The Morgan fingerprint density at radius 1 is 1.44 bits per heavy atom. The largest absolute Gasteiger partial charge is 0.467 e. The van der Waals surface area contributed by atoms with Gasteiger partial charge in [-0.15, -0.1) is 0 Å². The molecule has 1 heterocycles. The van der Waals surface area contributed by atoms with E-state index < -0.39 is 0 Å². The zero-order valence-corrected chi connectivity index (χ0v) is 11.4. The van der Waals surface area contributed by atoms with Gasteiger partial charge in [-0.05, 0) is 12.8 Å². The number of hydrogen-bond donors (Lipinski definition) is 1. The molecule has 1 aromatic rings. The molecule has 1 N–H and O–H groups in total. The molecule has 1 fully saturated rings. The van der Waals surface area contributed by atoms with Crippen LogP contribution in [0.5, 0.6) is 6.01 Å². The summed E-state index contributed by atoms with van der Waals surface area (Å²) in [5.74, 6) is 0.606. The number of ether oxygens (including phenoxy) is 1. The minimum atomic E-state index is -0.333. The molecule has 0 radical (unpaired) electrons. The minimum Gasteiger partial charge on any atom is -0.467 e. The van der Waals surface area contributed by atoms with Crippen molar-refractivity contribution in [1.29, 1.82) is 0 Å². The predicted octanol–water partition coefficient (Wildman–Crippen LogP) is 1.88. The predicted molar refractivity (Wildman–Crippen MR) is 70.3 cm³/mol. The number of aromatic nitrogens is 2. The monoisotopic (exact) mass is 271 g/mol. The van der Waals surface area contributed by atoms with Crippen LogP contribution in [0.25, 0.3) is 0 Å². The molecule has 6 heteroatoms. The van der Waals surface area contributed by atoms with E-state index in [1.165, 1.54) is 13.3 Å². The third-order valence-electron chi connectivity index (χ3n) is 3.41. The van der Waals surface area contributed by atoms with Gasteiger partial charge in [0.25, 0.3) is 0 Å². The first kappa shape index (κ1) is 13.4. The molecule has 1 saturated carbocycles. The van der Waals surface area contributed by atoms with E-state index in [0.717, 1.165) is 25.7 Å². The molecule has 2 rings (SSSR count). The van der Waals surface area contributed by atoms with Crippen LogP contribution in [0.15, 0.2) is 6.20 Å². The summed E-state index contributed by atoms with van der Waals surface area (Å²) in [5, 5.41) is 10.5. The van der Waals surface area contributed by atoms with Gasteiger partial charge in [0.2, 0.25) is 0 Å². The van der Waals surface area contributed by atoms with Crippen LogP contribution in [0, 0.1) is 0 Å². The summed E-state index contributed by atoms with van der Waals surface area (Å²) in [6, 6.07) is 0.336. The Labute approximate surface area is 112 Å². The molecule has 0 spiro atoms. The van der Waals surface area contributed by atoms with Crippen molar-refractivity contribution in [1.82, 2.24) is 9.97 Å². The van der Waals surface area contributed by atoms with E-state index in [1.807, 2.05) is 11.9 Å². The zero-order valence-electron chi connectivity index (χ0n) is 10.6. The van der Waals surface area contributed by atoms with Crippen LogP contribution in [0.1, 0.15) is 25.7 Å². The van der Waals surface area contributed by atoms with Gasteiger partial charge in [-0.2, -0.15) is 4.98 Å². The number of nitrogens with zero attached hydrogens (tertiary/aromatic N) is 3. The fourth-order valence-electron chi connectivity index (χ4n) is 2.39. The number of hydrogen-bond acceptors (Lipinski definition) is 5. The van der Waals surface area contributed by atoms with Crippen LogP contribution in [0.2, 0.25) is 5.02 Å². The maximum Gasteiger partial charge on any atom is 0.318 e. The highest BCUT2D eigenvalue weighted by Gasteiger charge is 2.28. The number of anilines is 1. The fraction of sp³-hybridized carbons (Fsp3) is 0.667. The minimum absolute atomic E-state index is 0.0517. The van der Waals surface area contributed by atoms with E-state index in [4.69, 9.17) is 16.3 Å². The summed E-state index contributed by atoms with van der Waals surface area (Å²) >= 11 is 6.11. The van der Waals surface area contributed by atoms with E-state index in [1.54, 1.807) is 0 Å². The third kappa shape index (κ3) is 2.67. The maximum atomic E-state index is 10.1. The average molecular weight is 272 g/mol. The van der Waals surface area contributed by atoms with Crippen LogP contribution < -0.4 is 9.64 Å². The van der Waals surface area contributed by atoms with Crippen LogP contribution in [0.4, 0.5) is 5.82 Å². The lowest BCUT2D eigenvalue weighted by molar-refractivity contribution is 0.106. The highest BCUT2D eigenvalue weighted by atomic mass is 35.5. The number of halogens is 1. The standard InChI is InChI=1S/C12H18ClN3O2/c1-16(9-5-3-4-6-10(9)17)11-8(13)7-14-12(15-11)18-2/h7,9-10,17H,3-6H2,1-2H3. The first-order valence-corrected chi connectivity index (χ1v) is 6.48. The van der Waals surface area contributed by atoms with Crippen molar-refractivity contribution in [2.45, 2.75) is 37.8 Å². The number of methoxy groups -OCH3 is 1. The molecule has 100 valence electrons. The van der Waals surface area contributed by atoms with E-state index in [2.05, 4.69) is 9.97 Å². The van der Waals surface area contributed by atoms with Crippen molar-refractivity contribution in [3.05, 3.63) is 11.2 Å². The molecule has 1 aliphatic rings. The summed E-state index contributed by atoms with van der Waals surface area (Å²) in [5.41, 5.74) is 0. The van der Waals surface area contributed by atoms with Gasteiger partial charge in [-0.25, -0.2) is 4.98 Å². The molecule has 0 aliphatic heterocycles. The Morgan fingerprint density at radius 3 is 2.83 bits per heavy atom. The summed E-state index contributed by atoms with van der Waals surface area (Å²) in [6.07, 6.45) is 5.16. The number of rotatable bonds is 3. The van der Waals surface area contributed by atoms with Crippen molar-refractivity contribution >= 4 is 17.4 Å². The Hall–Kier alpha value is -1.07. The summed E-state index contributed by atoms with van der Waals surface area (Å²) in [6.45, 7) is 0. The molecule has 0 saturated heterocycles. The van der Waals surface area contributed by atoms with Gasteiger partial charge >= 0.3 is 6.01 Å². The van der Waals surface area contributed by atoms with Gasteiger partial charge in [0, 0.05) is 7.05 Å². The van der Waals surface area contributed by atoms with Gasteiger partial charge in [0.05, 0.1) is 25.5 Å². The molecular formula is C12H18ClN3O2. The lowest BCUT2D eigenvalue weighted by Crippen LogP contribution is -2.44. The second-order valence-electron chi connectivity index (χ2n) is 4.56. The molecular weight excluding hydrogens is 254 g/mol. The maximum absolute atomic E-state index is 10.1. The van der Waals surface area contributed by atoms with Gasteiger partial charge in [0.15, 0.2) is 5.82 Å². The molecule has 2 atom stereocenters. The lowest BCUT2D eigenvalue weighted by Gasteiger charge is -2.36. The summed E-state index contributed by atoms with van der Waals surface area (Å²) in [7, 11) is 3.41. The number of aliphatic hydroxyl groups is 1. The highest BCUT2D eigenvalue weighted by molar-refractivity contribution is 6.32. The van der Waals surface area contributed by atoms with Gasteiger partial charge in [0.1, 0.15) is 5.02 Å². The van der Waals surface area contributed by atoms with E-state index in [9.17, 15) is 5.11 Å². The van der Waals surface area contributed by atoms with Gasteiger partial charge in [-0.1, -0.05) is 24.4 Å². The zero-order chi connectivity index (χ0) is 13.1. The fourth-order valence-corrected chi connectivity index (χ4v) is 2.61. The van der Waals surface area contributed by atoms with Crippen molar-refractivity contribution < 1.29 is 9.84 Å². The summed E-state index contributed by atoms with van der Waals surface area (Å²) < 4.78 is 5.00. The third-order valence-corrected chi connectivity index (χ3v) is 3.68. The van der Waals surface area contributed by atoms with Gasteiger partial charge in [-0.3, -0.25) is 0 Å². The van der Waals surface area contributed by atoms with Crippen molar-refractivity contribution in [3.63, 3.8) is 0 Å². The van der Waals surface area contributed by atoms with Crippen molar-refractivity contribution in [2.75, 3.05) is 19.1 Å². The molecule has 0 aromatic carbocycles. The van der Waals surface area contributed by atoms with Crippen molar-refractivity contribution in [3.8, 4) is 6.01 Å². The molecule has 0 bridgehead atoms. The first-order chi connectivity index (χ1) is 8.63. The molecule has 0 amide bonds. The number of aliphatic hydroxyl groups excluding tert-OH is 1. The SMILES string of the molecule is COc1ncc(Cl)c(N(C)C2CCCCC2O)n1. The van der Waals surface area contributed by atoms with Crippen LogP contribution in [-0.2, 0) is 0 Å². The summed E-state index contributed by atoms with van der Waals surface area (Å²) in [4.78, 5) is 10.1. The quantitative estimate of drug-likeness (QED) is 0.910. The van der Waals surface area contributed by atoms with Crippen LogP contribution in [-0.4, -0.2) is 41.4 Å². The average Bonchev–Trinajstić information content (AvgIpc) is 2.39. The Morgan fingerprint density at radius 2 is 2.17 bits per heavy atom. The van der Waals surface area contributed by atoms with Crippen LogP contribution >= 0.6 is 11.6 Å². The Kier molecular flexibility index (Phi) is 4.24. The topological polar surface area (TPSA) is 58.5 Å². The van der Waals surface area contributed by atoms with E-state index in [-0.39, 0.29) is 18.2 Å². The Balaban J connectivity index is 2.23. The van der Waals surface area contributed by atoms with Gasteiger partial charge < -0.3 is 14.7 Å². The first-order valence-electron chi connectivity index (χ1n) is 6.11. The Bertz CT molecular complexity index is 416. The second kappa shape index (κ2) is 5.71. The molecule has 1 aliphatic carbocycles. The van der Waals surface area contributed by atoms with E-state index in [0.29, 0.717) is 10.8 Å². The highest BCUT2D eigenvalue weighted by Crippen LogP contribution is 2.30. The van der Waals surface area contributed by atoms with E-state index >= 15 is 0 Å². The lowest BCUT2D eigenvalue weighted by atomic mass is 9.91. The number of likely N-dealkylation sites (N-methyl/N-ethyl adjacent to an activating group) is 1. The molecule has 5 nitrogen and oxygen atoms in total. The molecule has 2 unspecified atom stereocenters. The molecule has 1 aromatic heterocycles. The van der Waals surface area contributed by atoms with Crippen molar-refractivity contribution in [2.24, 2.45) is 0 Å². The normalized spacial score (nSPS) is 23.8. The molecule has 18 heavy (non-hydrogen) atoms. The van der Waals surface area contributed by atoms with Crippen LogP contribution in [0.3, 0.4) is 0 Å².